The Bertz CT molecular complexity index is 553. The summed E-state index contributed by atoms with van der Waals surface area (Å²) in [5.41, 5.74) is 7.37. The summed E-state index contributed by atoms with van der Waals surface area (Å²) in [6, 6.07) is 0. The fraction of sp³-hybridized carbons (Fsp3) is 0.607. The number of carboxylic acids is 1. The molecule has 2 saturated carbocycles. The normalized spacial score (nSPS) is 29.1. The number of aliphatic carboxylic acids is 1. The molecule has 37 heavy (non-hydrogen) atoms. The van der Waals surface area contributed by atoms with E-state index in [-0.39, 0.29) is 52.4 Å². The fourth-order valence-corrected chi connectivity index (χ4v) is 12.6. The van der Waals surface area contributed by atoms with Gasteiger partial charge in [0.25, 0.3) is 0 Å². The summed E-state index contributed by atoms with van der Waals surface area (Å²) in [4.78, 5) is 8.90. The fourth-order valence-electron chi connectivity index (χ4n) is 5.44. The molecule has 9 heteroatoms. The first kappa shape index (κ1) is 38.3. The van der Waals surface area contributed by atoms with E-state index in [0.29, 0.717) is 0 Å². The molecule has 1 N–H and O–H groups in total. The van der Waals surface area contributed by atoms with Crippen molar-refractivity contribution in [1.29, 1.82) is 0 Å². The van der Waals surface area contributed by atoms with Gasteiger partial charge in [0.1, 0.15) is 0 Å². The van der Waals surface area contributed by atoms with Gasteiger partial charge in [-0.05, 0) is 125 Å². The zero-order chi connectivity index (χ0) is 26.0. The zero-order valence-electron chi connectivity index (χ0n) is 22.2. The minimum Gasteiger partial charge on any atom is -0.475 e. The van der Waals surface area contributed by atoms with Crippen LogP contribution in [0.4, 0.5) is 13.2 Å². The minimum absolute atomic E-state index is 0. The van der Waals surface area contributed by atoms with E-state index in [2.05, 4.69) is 79.1 Å². The molecule has 2 heterocycles. The van der Waals surface area contributed by atoms with Gasteiger partial charge in [0.05, 0.1) is 0 Å². The smallest absolute Gasteiger partial charge is 0.475 e. The van der Waals surface area contributed by atoms with Crippen molar-refractivity contribution in [2.24, 2.45) is 0 Å². The molecule has 2 aliphatic heterocycles. The van der Waals surface area contributed by atoms with Crippen molar-refractivity contribution in [3.8, 4) is 0 Å². The SMILES string of the molecule is CC[C@@H]1CC[C@@H](CC)P1[C]1[CH][CH][CH][CH]1.CC[C@@H]1CC[C@@H](CC)P1[C]1[CH][CH][CH][CH]1.O=C(O)C(F)(F)F.[Fe+2].[Ru+2]. The van der Waals surface area contributed by atoms with Gasteiger partial charge in [-0.3, -0.25) is 0 Å². The topological polar surface area (TPSA) is 37.3 Å². The van der Waals surface area contributed by atoms with Crippen molar-refractivity contribution in [3.63, 3.8) is 0 Å². The molecule has 2 aliphatic carbocycles. The van der Waals surface area contributed by atoms with Gasteiger partial charge >= 0.3 is 48.7 Å². The van der Waals surface area contributed by atoms with E-state index in [1.807, 2.05) is 0 Å². The molecule has 0 aromatic rings. The van der Waals surface area contributed by atoms with Crippen LogP contribution in [0.5, 0.6) is 0 Å². The van der Waals surface area contributed by atoms with Gasteiger partial charge in [0.15, 0.2) is 0 Å². The number of carboxylic acid groups (broad SMARTS) is 1. The van der Waals surface area contributed by atoms with E-state index in [1.54, 1.807) is 11.3 Å². The van der Waals surface area contributed by atoms with Crippen LogP contribution in [0.25, 0.3) is 0 Å². The average molecular weight is 685 g/mol. The van der Waals surface area contributed by atoms with E-state index in [1.165, 1.54) is 51.4 Å². The summed E-state index contributed by atoms with van der Waals surface area (Å²) in [6.45, 7) is 9.45. The molecule has 0 aromatic carbocycles. The number of rotatable bonds is 6. The van der Waals surface area contributed by atoms with Crippen molar-refractivity contribution in [2.45, 2.75) is 108 Å². The first-order valence-corrected chi connectivity index (χ1v) is 15.9. The number of alkyl halides is 3. The van der Waals surface area contributed by atoms with E-state index in [9.17, 15) is 13.2 Å². The zero-order valence-corrected chi connectivity index (χ0v) is 26.8. The van der Waals surface area contributed by atoms with Crippen LogP contribution in [-0.4, -0.2) is 39.9 Å². The molecule has 4 aliphatic rings. The maximum Gasteiger partial charge on any atom is 2.00 e. The monoisotopic (exact) mass is 686 g/mol. The largest absolute Gasteiger partial charge is 2.00 e. The van der Waals surface area contributed by atoms with Gasteiger partial charge in [-0.25, -0.2) is 4.79 Å². The second-order valence-corrected chi connectivity index (χ2v) is 14.9. The molecular formula is C28H41F3FeO2P2Ru+4. The Hall–Kier alpha value is 1.26. The molecule has 4 atom stereocenters. The summed E-state index contributed by atoms with van der Waals surface area (Å²) in [5.74, 6) is -2.76. The van der Waals surface area contributed by atoms with Crippen LogP contribution < -0.4 is 0 Å². The second kappa shape index (κ2) is 19.4. The third-order valence-electron chi connectivity index (χ3n) is 7.25. The Morgan fingerprint density at radius 3 is 1.11 bits per heavy atom. The maximum atomic E-state index is 10.6. The van der Waals surface area contributed by atoms with Gasteiger partial charge in [-0.15, -0.1) is 0 Å². The van der Waals surface area contributed by atoms with Crippen molar-refractivity contribution in [1.82, 2.24) is 0 Å². The Kier molecular flexibility index (Phi) is 20.1. The molecule has 4 rings (SSSR count). The number of halogens is 3. The first-order chi connectivity index (χ1) is 16.7. The van der Waals surface area contributed by atoms with E-state index in [0.717, 1.165) is 22.6 Å². The third kappa shape index (κ3) is 11.6. The molecule has 2 saturated heterocycles. The predicted octanol–water partition coefficient (Wildman–Crippen LogP) is 8.99. The molecule has 208 valence electrons. The Morgan fingerprint density at radius 2 is 0.946 bits per heavy atom. The van der Waals surface area contributed by atoms with Crippen LogP contribution in [-0.2, 0) is 41.3 Å². The predicted molar refractivity (Wildman–Crippen MR) is 143 cm³/mol. The summed E-state index contributed by atoms with van der Waals surface area (Å²) in [6.07, 6.45) is 24.6. The standard InChI is InChI=1S/2C13H20P.C2HF3O2.Fe.Ru/c2*1-3-11-9-10-12(4-2)14(11)13-7-5-6-8-13;3-2(4,5)1(6)7;;/h2*5-8,11-12H,3-4,9-10H2,1-2H3;(H,6,7);;/q;;;2*+2/t2*11-,12-;;;/m11.../s1. The number of carbonyl (C=O) groups is 1. The molecular weight excluding hydrogens is 644 g/mol. The summed E-state index contributed by atoms with van der Waals surface area (Å²) >= 11 is 0. The van der Waals surface area contributed by atoms with Gasteiger partial charge in [-0.2, -0.15) is 13.2 Å². The van der Waals surface area contributed by atoms with Gasteiger partial charge in [0, 0.05) is 11.3 Å². The van der Waals surface area contributed by atoms with Crippen molar-refractivity contribution in [3.05, 3.63) is 62.7 Å². The molecule has 0 bridgehead atoms. The average Bonchev–Trinajstić information content (AvgIpc) is 3.63. The van der Waals surface area contributed by atoms with E-state index < -0.39 is 12.1 Å². The Morgan fingerprint density at radius 1 is 0.730 bits per heavy atom. The van der Waals surface area contributed by atoms with Crippen LogP contribution in [0.2, 0.25) is 0 Å². The van der Waals surface area contributed by atoms with Crippen LogP contribution in [0, 0.1) is 62.7 Å². The van der Waals surface area contributed by atoms with Crippen LogP contribution in [0.3, 0.4) is 0 Å². The molecule has 0 aromatic heterocycles. The molecule has 0 spiro atoms. The molecule has 0 amide bonds. The molecule has 4 fully saturated rings. The minimum atomic E-state index is -5.08. The second-order valence-electron chi connectivity index (χ2n) is 9.31. The van der Waals surface area contributed by atoms with Crippen LogP contribution in [0.1, 0.15) is 79.1 Å². The van der Waals surface area contributed by atoms with Crippen molar-refractivity contribution >= 4 is 21.8 Å². The van der Waals surface area contributed by atoms with E-state index >= 15 is 0 Å². The number of hydrogen-bond donors (Lipinski definition) is 1. The quantitative estimate of drug-likeness (QED) is 0.224. The van der Waals surface area contributed by atoms with Crippen LogP contribution in [0.15, 0.2) is 0 Å². The summed E-state index contributed by atoms with van der Waals surface area (Å²) < 4.78 is 31.7. The number of hydrogen-bond acceptors (Lipinski definition) is 1. The molecule has 2 nitrogen and oxygen atoms in total. The Balaban J connectivity index is 0.000000542. The third-order valence-corrected chi connectivity index (χ3v) is 14.7. The van der Waals surface area contributed by atoms with Crippen LogP contribution >= 0.6 is 15.8 Å². The maximum absolute atomic E-state index is 10.6. The van der Waals surface area contributed by atoms with Crippen molar-refractivity contribution in [2.75, 3.05) is 0 Å². The first-order valence-electron chi connectivity index (χ1n) is 13.0. The molecule has 10 radical (unpaired) electrons. The van der Waals surface area contributed by atoms with E-state index in [4.69, 9.17) is 9.90 Å². The summed E-state index contributed by atoms with van der Waals surface area (Å²) in [7, 11) is 0.340. The van der Waals surface area contributed by atoms with Crippen molar-refractivity contribution < 1.29 is 59.6 Å². The van der Waals surface area contributed by atoms with Gasteiger partial charge in [0.2, 0.25) is 0 Å². The summed E-state index contributed by atoms with van der Waals surface area (Å²) in [5, 5.41) is 7.12. The Labute approximate surface area is 251 Å². The van der Waals surface area contributed by atoms with Gasteiger partial charge < -0.3 is 5.11 Å². The van der Waals surface area contributed by atoms with Gasteiger partial charge in [-0.1, -0.05) is 43.5 Å². The molecule has 0 unspecified atom stereocenters.